The van der Waals surface area contributed by atoms with Gasteiger partial charge in [0, 0.05) is 31.9 Å². The fourth-order valence-electron chi connectivity index (χ4n) is 2.35. The highest BCUT2D eigenvalue weighted by Gasteiger charge is 2.05. The Labute approximate surface area is 133 Å². The zero-order chi connectivity index (χ0) is 15.7. The Morgan fingerprint density at radius 1 is 0.952 bits per heavy atom. The van der Waals surface area contributed by atoms with Gasteiger partial charge in [-0.1, -0.05) is 12.1 Å². The average Bonchev–Trinajstić information content (AvgIpc) is 2.47. The standard InChI is InChI=1S/C17H32N3P/c1-5-20(13-12-18(2)3)17-9-7-16(8-10-17)15-19(4)11-6-14-21/h7-10H,5-6,11-15,21H2,1-4H3. The third-order valence-electron chi connectivity index (χ3n) is 3.70. The normalized spacial score (nSPS) is 11.4. The number of likely N-dealkylation sites (N-methyl/N-ethyl adjacent to an activating group) is 2. The molecule has 120 valence electrons. The number of hydrogen-bond donors (Lipinski definition) is 0. The van der Waals surface area contributed by atoms with Gasteiger partial charge in [-0.05, 0) is 64.9 Å². The van der Waals surface area contributed by atoms with Crippen LogP contribution in [0.1, 0.15) is 18.9 Å². The third kappa shape index (κ3) is 7.26. The van der Waals surface area contributed by atoms with E-state index in [9.17, 15) is 0 Å². The Hall–Kier alpha value is -0.630. The van der Waals surface area contributed by atoms with Gasteiger partial charge in [0.2, 0.25) is 0 Å². The molecule has 1 unspecified atom stereocenters. The van der Waals surface area contributed by atoms with Crippen molar-refractivity contribution in [1.82, 2.24) is 9.80 Å². The van der Waals surface area contributed by atoms with Gasteiger partial charge in [0.15, 0.2) is 0 Å². The zero-order valence-corrected chi connectivity index (χ0v) is 15.3. The summed E-state index contributed by atoms with van der Waals surface area (Å²) in [5.74, 6) is 0. The van der Waals surface area contributed by atoms with Crippen LogP contribution in [0.2, 0.25) is 0 Å². The molecule has 1 aromatic carbocycles. The van der Waals surface area contributed by atoms with Crippen molar-refractivity contribution in [2.24, 2.45) is 0 Å². The molecule has 0 radical (unpaired) electrons. The Bertz CT molecular complexity index is 378. The van der Waals surface area contributed by atoms with Crippen LogP contribution in [-0.2, 0) is 6.54 Å². The Morgan fingerprint density at radius 3 is 2.14 bits per heavy atom. The van der Waals surface area contributed by atoms with Gasteiger partial charge in [-0.3, -0.25) is 0 Å². The van der Waals surface area contributed by atoms with Gasteiger partial charge < -0.3 is 14.7 Å². The van der Waals surface area contributed by atoms with Crippen LogP contribution in [-0.4, -0.2) is 63.3 Å². The van der Waals surface area contributed by atoms with Crippen molar-refractivity contribution in [1.29, 1.82) is 0 Å². The van der Waals surface area contributed by atoms with E-state index in [-0.39, 0.29) is 0 Å². The van der Waals surface area contributed by atoms with E-state index < -0.39 is 0 Å². The van der Waals surface area contributed by atoms with Crippen LogP contribution in [0.3, 0.4) is 0 Å². The molecule has 0 heterocycles. The van der Waals surface area contributed by atoms with E-state index in [1.165, 1.54) is 23.8 Å². The van der Waals surface area contributed by atoms with Crippen LogP contribution >= 0.6 is 9.24 Å². The second-order valence-corrected chi connectivity index (χ2v) is 6.51. The summed E-state index contributed by atoms with van der Waals surface area (Å²) in [5, 5.41) is 0. The van der Waals surface area contributed by atoms with Crippen LogP contribution in [0.15, 0.2) is 24.3 Å². The van der Waals surface area contributed by atoms with Crippen LogP contribution in [0, 0.1) is 0 Å². The summed E-state index contributed by atoms with van der Waals surface area (Å²) in [6, 6.07) is 9.06. The van der Waals surface area contributed by atoms with Crippen LogP contribution in [0.5, 0.6) is 0 Å². The molecule has 0 aliphatic rings. The summed E-state index contributed by atoms with van der Waals surface area (Å²) in [5.41, 5.74) is 2.73. The minimum Gasteiger partial charge on any atom is -0.371 e. The summed E-state index contributed by atoms with van der Waals surface area (Å²) in [4.78, 5) is 7.06. The maximum absolute atomic E-state index is 2.80. The molecule has 0 saturated heterocycles. The van der Waals surface area contributed by atoms with E-state index in [1.54, 1.807) is 0 Å². The van der Waals surface area contributed by atoms with Crippen LogP contribution in [0.4, 0.5) is 5.69 Å². The summed E-state index contributed by atoms with van der Waals surface area (Å²) in [6.07, 6.45) is 2.42. The molecule has 1 atom stereocenters. The quantitative estimate of drug-likeness (QED) is 0.615. The average molecular weight is 309 g/mol. The van der Waals surface area contributed by atoms with Crippen LogP contribution in [0.25, 0.3) is 0 Å². The lowest BCUT2D eigenvalue weighted by Gasteiger charge is -2.25. The highest BCUT2D eigenvalue weighted by molar-refractivity contribution is 7.16. The Balaban J connectivity index is 2.55. The molecule has 0 spiro atoms. The molecule has 0 aromatic heterocycles. The molecular weight excluding hydrogens is 277 g/mol. The van der Waals surface area contributed by atoms with Crippen molar-refractivity contribution < 1.29 is 0 Å². The van der Waals surface area contributed by atoms with Crippen molar-refractivity contribution >= 4 is 14.9 Å². The van der Waals surface area contributed by atoms with E-state index in [4.69, 9.17) is 0 Å². The maximum Gasteiger partial charge on any atom is 0.0366 e. The second kappa shape index (κ2) is 10.2. The van der Waals surface area contributed by atoms with Gasteiger partial charge in [0.1, 0.15) is 0 Å². The molecule has 3 nitrogen and oxygen atoms in total. The van der Waals surface area contributed by atoms with E-state index in [1.807, 2.05) is 0 Å². The predicted molar refractivity (Wildman–Crippen MR) is 98.4 cm³/mol. The third-order valence-corrected chi connectivity index (χ3v) is 4.11. The van der Waals surface area contributed by atoms with Gasteiger partial charge in [0.05, 0.1) is 0 Å². The molecule has 1 rings (SSSR count). The first-order valence-corrected chi connectivity index (χ1v) is 8.75. The first-order valence-electron chi connectivity index (χ1n) is 7.94. The van der Waals surface area contributed by atoms with Crippen molar-refractivity contribution in [3.8, 4) is 0 Å². The fourth-order valence-corrected chi connectivity index (χ4v) is 2.54. The Kier molecular flexibility index (Phi) is 8.91. The molecule has 0 aliphatic heterocycles. The van der Waals surface area contributed by atoms with Crippen molar-refractivity contribution in [2.75, 3.05) is 58.4 Å². The molecular formula is C17H32N3P. The van der Waals surface area contributed by atoms with Gasteiger partial charge in [-0.2, -0.15) is 0 Å². The van der Waals surface area contributed by atoms with Gasteiger partial charge >= 0.3 is 0 Å². The van der Waals surface area contributed by atoms with Gasteiger partial charge in [-0.25, -0.2) is 0 Å². The Morgan fingerprint density at radius 2 is 1.62 bits per heavy atom. The summed E-state index contributed by atoms with van der Waals surface area (Å²) < 4.78 is 0. The van der Waals surface area contributed by atoms with Gasteiger partial charge in [0.25, 0.3) is 0 Å². The lowest BCUT2D eigenvalue weighted by molar-refractivity contribution is 0.328. The fraction of sp³-hybridized carbons (Fsp3) is 0.647. The largest absolute Gasteiger partial charge is 0.371 e. The van der Waals surface area contributed by atoms with Crippen molar-refractivity contribution in [3.05, 3.63) is 29.8 Å². The highest BCUT2D eigenvalue weighted by Crippen LogP contribution is 2.16. The lowest BCUT2D eigenvalue weighted by atomic mass is 10.2. The number of rotatable bonds is 10. The molecule has 0 saturated carbocycles. The molecule has 0 aliphatic carbocycles. The molecule has 0 amide bonds. The number of hydrogen-bond acceptors (Lipinski definition) is 3. The predicted octanol–water partition coefficient (Wildman–Crippen LogP) is 2.77. The zero-order valence-electron chi connectivity index (χ0n) is 14.2. The maximum atomic E-state index is 2.80. The molecule has 21 heavy (non-hydrogen) atoms. The van der Waals surface area contributed by atoms with E-state index in [0.717, 1.165) is 32.7 Å². The summed E-state index contributed by atoms with van der Waals surface area (Å²) >= 11 is 0. The molecule has 0 bridgehead atoms. The summed E-state index contributed by atoms with van der Waals surface area (Å²) in [6.45, 7) is 7.65. The number of anilines is 1. The number of benzene rings is 1. The van der Waals surface area contributed by atoms with Gasteiger partial charge in [-0.15, -0.1) is 9.24 Å². The molecule has 1 aromatic rings. The first kappa shape index (κ1) is 18.4. The first-order chi connectivity index (χ1) is 10.1. The second-order valence-electron chi connectivity index (χ2n) is 5.93. The monoisotopic (exact) mass is 309 g/mol. The van der Waals surface area contributed by atoms with Crippen molar-refractivity contribution in [3.63, 3.8) is 0 Å². The minimum atomic E-state index is 1.04. The smallest absolute Gasteiger partial charge is 0.0366 e. The summed E-state index contributed by atoms with van der Waals surface area (Å²) in [7, 11) is 9.25. The van der Waals surface area contributed by atoms with E-state index in [2.05, 4.69) is 76.3 Å². The lowest BCUT2D eigenvalue weighted by Crippen LogP contribution is -2.31. The topological polar surface area (TPSA) is 9.72 Å². The van der Waals surface area contributed by atoms with Crippen LogP contribution < -0.4 is 4.90 Å². The van der Waals surface area contributed by atoms with E-state index in [0.29, 0.717) is 0 Å². The molecule has 0 N–H and O–H groups in total. The molecule has 0 fully saturated rings. The minimum absolute atomic E-state index is 1.04. The molecule has 4 heteroatoms. The van der Waals surface area contributed by atoms with Crippen molar-refractivity contribution in [2.45, 2.75) is 19.9 Å². The number of nitrogens with zero attached hydrogens (tertiary/aromatic N) is 3. The highest BCUT2D eigenvalue weighted by atomic mass is 31.0. The SMILES string of the molecule is CCN(CCN(C)C)c1ccc(CN(C)CCCP)cc1. The van der Waals surface area contributed by atoms with E-state index >= 15 is 0 Å².